The van der Waals surface area contributed by atoms with Crippen LogP contribution >= 0.6 is 35.0 Å². The van der Waals surface area contributed by atoms with Gasteiger partial charge in [0.25, 0.3) is 5.56 Å². The van der Waals surface area contributed by atoms with E-state index < -0.39 is 0 Å². The van der Waals surface area contributed by atoms with Gasteiger partial charge in [0.05, 0.1) is 26.6 Å². The van der Waals surface area contributed by atoms with Crippen LogP contribution in [0.2, 0.25) is 10.0 Å². The Morgan fingerprint density at radius 1 is 1.17 bits per heavy atom. The maximum absolute atomic E-state index is 12.9. The van der Waals surface area contributed by atoms with Gasteiger partial charge in [-0.3, -0.25) is 9.36 Å². The number of thioether (sulfide) groups is 1. The predicted octanol–water partition coefficient (Wildman–Crippen LogP) is 4.97. The van der Waals surface area contributed by atoms with Gasteiger partial charge < -0.3 is 0 Å². The molecule has 1 aromatic heterocycles. The Morgan fingerprint density at radius 3 is 2.70 bits per heavy atom. The molecule has 0 bridgehead atoms. The number of hydrogen-bond acceptors (Lipinski definition) is 3. The average Bonchev–Trinajstić information content (AvgIpc) is 2.56. The highest BCUT2D eigenvalue weighted by Crippen LogP contribution is 2.27. The molecule has 0 amide bonds. The molecule has 3 rings (SSSR count). The van der Waals surface area contributed by atoms with Gasteiger partial charge in [-0.2, -0.15) is 0 Å². The van der Waals surface area contributed by atoms with Crippen LogP contribution in [0.3, 0.4) is 0 Å². The van der Waals surface area contributed by atoms with Crippen LogP contribution in [0, 0.1) is 0 Å². The van der Waals surface area contributed by atoms with Crippen molar-refractivity contribution in [3.8, 4) is 5.69 Å². The molecule has 0 aliphatic heterocycles. The zero-order valence-electron chi connectivity index (χ0n) is 12.0. The minimum Gasteiger partial charge on any atom is -0.268 e. The predicted molar refractivity (Wildman–Crippen MR) is 98.3 cm³/mol. The van der Waals surface area contributed by atoms with Gasteiger partial charge in [-0.15, -0.1) is 6.58 Å². The highest BCUT2D eigenvalue weighted by molar-refractivity contribution is 7.99. The first kappa shape index (κ1) is 16.1. The number of aromatic nitrogens is 2. The van der Waals surface area contributed by atoms with Gasteiger partial charge in [-0.05, 0) is 30.3 Å². The van der Waals surface area contributed by atoms with Crippen LogP contribution in [0.25, 0.3) is 16.6 Å². The Kier molecular flexibility index (Phi) is 4.76. The Balaban J connectivity index is 2.31. The second-order valence-corrected chi connectivity index (χ2v) is 6.55. The molecule has 3 aromatic rings. The highest BCUT2D eigenvalue weighted by Gasteiger charge is 2.13. The summed E-state index contributed by atoms with van der Waals surface area (Å²) >= 11 is 13.5. The standard InChI is InChI=1S/C17H12Cl2N2OS/c1-2-9-23-17-20-15-6-4-3-5-12(15)16(22)21(17)11-7-8-13(18)14(19)10-11/h2-8,10H,1,9H2. The van der Waals surface area contributed by atoms with Crippen molar-refractivity contribution >= 4 is 45.9 Å². The van der Waals surface area contributed by atoms with Crippen molar-refractivity contribution in [2.45, 2.75) is 5.16 Å². The molecule has 0 unspecified atom stereocenters. The molecular formula is C17H12Cl2N2OS. The minimum atomic E-state index is -0.138. The molecule has 3 nitrogen and oxygen atoms in total. The maximum atomic E-state index is 12.9. The zero-order valence-corrected chi connectivity index (χ0v) is 14.3. The summed E-state index contributed by atoms with van der Waals surface area (Å²) in [6, 6.07) is 12.4. The minimum absolute atomic E-state index is 0.138. The summed E-state index contributed by atoms with van der Waals surface area (Å²) < 4.78 is 1.55. The molecule has 23 heavy (non-hydrogen) atoms. The summed E-state index contributed by atoms with van der Waals surface area (Å²) in [6.45, 7) is 3.71. The number of nitrogens with zero attached hydrogens (tertiary/aromatic N) is 2. The molecular weight excluding hydrogens is 351 g/mol. The number of fused-ring (bicyclic) bond motifs is 1. The summed E-state index contributed by atoms with van der Waals surface area (Å²) in [5.74, 6) is 0.645. The Labute approximate surface area is 147 Å². The molecule has 0 saturated carbocycles. The van der Waals surface area contributed by atoms with Crippen LogP contribution in [-0.2, 0) is 0 Å². The van der Waals surface area contributed by atoms with Crippen molar-refractivity contribution < 1.29 is 0 Å². The van der Waals surface area contributed by atoms with Gasteiger partial charge in [0.15, 0.2) is 5.16 Å². The second kappa shape index (κ2) is 6.79. The normalized spacial score (nSPS) is 10.9. The third kappa shape index (κ3) is 3.15. The average molecular weight is 363 g/mol. The quantitative estimate of drug-likeness (QED) is 0.373. The van der Waals surface area contributed by atoms with Gasteiger partial charge >= 0.3 is 0 Å². The largest absolute Gasteiger partial charge is 0.268 e. The lowest BCUT2D eigenvalue weighted by Gasteiger charge is -2.13. The van der Waals surface area contributed by atoms with Crippen LogP contribution < -0.4 is 5.56 Å². The highest BCUT2D eigenvalue weighted by atomic mass is 35.5. The summed E-state index contributed by atoms with van der Waals surface area (Å²) in [4.78, 5) is 17.5. The summed E-state index contributed by atoms with van der Waals surface area (Å²) in [5.41, 5.74) is 1.16. The van der Waals surface area contributed by atoms with E-state index in [2.05, 4.69) is 11.6 Å². The molecule has 0 radical (unpaired) electrons. The SMILES string of the molecule is C=CCSc1nc2ccccc2c(=O)n1-c1ccc(Cl)c(Cl)c1. The van der Waals surface area contributed by atoms with Gasteiger partial charge in [0.2, 0.25) is 0 Å². The van der Waals surface area contributed by atoms with E-state index in [-0.39, 0.29) is 5.56 Å². The fraction of sp³-hybridized carbons (Fsp3) is 0.0588. The zero-order chi connectivity index (χ0) is 16.4. The van der Waals surface area contributed by atoms with E-state index in [1.807, 2.05) is 18.2 Å². The lowest BCUT2D eigenvalue weighted by Crippen LogP contribution is -2.21. The summed E-state index contributed by atoms with van der Waals surface area (Å²) in [6.07, 6.45) is 1.77. The summed E-state index contributed by atoms with van der Waals surface area (Å²) in [5, 5.41) is 1.98. The molecule has 0 aliphatic carbocycles. The second-order valence-electron chi connectivity index (χ2n) is 4.75. The molecule has 0 aliphatic rings. The number of rotatable bonds is 4. The fourth-order valence-electron chi connectivity index (χ4n) is 2.19. The maximum Gasteiger partial charge on any atom is 0.266 e. The molecule has 0 spiro atoms. The van der Waals surface area contributed by atoms with Gasteiger partial charge in [0, 0.05) is 5.75 Å². The van der Waals surface area contributed by atoms with Crippen molar-refractivity contribution in [3.05, 3.63) is 75.5 Å². The van der Waals surface area contributed by atoms with Gasteiger partial charge in [-0.25, -0.2) is 4.98 Å². The number of benzene rings is 2. The molecule has 116 valence electrons. The van der Waals surface area contributed by atoms with Crippen LogP contribution in [-0.4, -0.2) is 15.3 Å². The van der Waals surface area contributed by atoms with Crippen molar-refractivity contribution in [2.75, 3.05) is 5.75 Å². The third-order valence-corrected chi connectivity index (χ3v) is 4.91. The molecule has 2 aromatic carbocycles. The lowest BCUT2D eigenvalue weighted by atomic mass is 10.2. The molecule has 0 atom stereocenters. The van der Waals surface area contributed by atoms with E-state index in [0.29, 0.717) is 37.5 Å². The molecule has 0 fully saturated rings. The van der Waals surface area contributed by atoms with Gasteiger partial charge in [0.1, 0.15) is 0 Å². The van der Waals surface area contributed by atoms with E-state index in [4.69, 9.17) is 23.2 Å². The Bertz CT molecular complexity index is 953. The van der Waals surface area contributed by atoms with Crippen molar-refractivity contribution in [3.63, 3.8) is 0 Å². The molecule has 1 heterocycles. The van der Waals surface area contributed by atoms with Crippen molar-refractivity contribution in [2.24, 2.45) is 0 Å². The van der Waals surface area contributed by atoms with Crippen LogP contribution in [0.15, 0.2) is 65.1 Å². The van der Waals surface area contributed by atoms with Crippen molar-refractivity contribution in [1.82, 2.24) is 9.55 Å². The van der Waals surface area contributed by atoms with E-state index >= 15 is 0 Å². The number of para-hydroxylation sites is 1. The first-order valence-electron chi connectivity index (χ1n) is 6.82. The Hall–Kier alpha value is -1.75. The lowest BCUT2D eigenvalue weighted by molar-refractivity contribution is 0.821. The fourth-order valence-corrected chi connectivity index (χ4v) is 3.23. The van der Waals surface area contributed by atoms with Crippen LogP contribution in [0.4, 0.5) is 0 Å². The summed E-state index contributed by atoms with van der Waals surface area (Å²) in [7, 11) is 0. The molecule has 0 N–H and O–H groups in total. The van der Waals surface area contributed by atoms with E-state index in [9.17, 15) is 4.79 Å². The first-order chi connectivity index (χ1) is 11.1. The monoisotopic (exact) mass is 362 g/mol. The number of hydrogen-bond donors (Lipinski definition) is 0. The van der Waals surface area contributed by atoms with E-state index in [0.717, 1.165) is 0 Å². The smallest absolute Gasteiger partial charge is 0.266 e. The molecule has 0 saturated heterocycles. The third-order valence-electron chi connectivity index (χ3n) is 3.24. The molecule has 6 heteroatoms. The van der Waals surface area contributed by atoms with Crippen LogP contribution in [0.1, 0.15) is 0 Å². The topological polar surface area (TPSA) is 34.9 Å². The van der Waals surface area contributed by atoms with Crippen molar-refractivity contribution in [1.29, 1.82) is 0 Å². The van der Waals surface area contributed by atoms with E-state index in [1.165, 1.54) is 11.8 Å². The van der Waals surface area contributed by atoms with E-state index in [1.54, 1.807) is 34.9 Å². The Morgan fingerprint density at radius 2 is 1.96 bits per heavy atom. The first-order valence-corrected chi connectivity index (χ1v) is 8.57. The number of halogens is 2. The van der Waals surface area contributed by atoms with Gasteiger partial charge in [-0.1, -0.05) is 53.2 Å². The van der Waals surface area contributed by atoms with Crippen LogP contribution in [0.5, 0.6) is 0 Å².